The number of methoxy groups -OCH3 is 1. The van der Waals surface area contributed by atoms with Crippen LogP contribution in [-0.2, 0) is 32.1 Å². The zero-order valence-electron chi connectivity index (χ0n) is 18.0. The molecule has 2 heterocycles. The molecule has 0 aliphatic carbocycles. The smallest absolute Gasteiger partial charge is 0.355 e. The molecule has 0 unspecified atom stereocenters. The van der Waals surface area contributed by atoms with Crippen LogP contribution in [-0.4, -0.2) is 52.8 Å². The molecule has 7 nitrogen and oxygen atoms in total. The van der Waals surface area contributed by atoms with Crippen molar-refractivity contribution in [2.75, 3.05) is 18.7 Å². The standard InChI is InChI=1S/C24H23ClN2O5S/c1-31-18-9-7-16(8-10-18)13-32-24(30)21-17(12-25)14-33-23-20(22(29)27(21)23)26-19(28)11-15-5-3-2-4-6-15/h2-10,20,23H,11-14H2,1H3,(H,26,28)/t20-,23+/m0/s1. The maximum atomic E-state index is 12.9. The third kappa shape index (κ3) is 5.02. The predicted octanol–water partition coefficient (Wildman–Crippen LogP) is 2.87. The lowest BCUT2D eigenvalue weighted by atomic mass is 10.0. The van der Waals surface area contributed by atoms with Gasteiger partial charge in [0, 0.05) is 11.6 Å². The molecule has 172 valence electrons. The van der Waals surface area contributed by atoms with Gasteiger partial charge in [0.2, 0.25) is 5.91 Å². The van der Waals surface area contributed by atoms with E-state index < -0.39 is 12.0 Å². The molecule has 2 aliphatic heterocycles. The van der Waals surface area contributed by atoms with Crippen molar-refractivity contribution in [3.8, 4) is 5.75 Å². The molecule has 0 saturated carbocycles. The third-order valence-corrected chi connectivity index (χ3v) is 7.12. The lowest BCUT2D eigenvalue weighted by molar-refractivity contribution is -0.153. The van der Waals surface area contributed by atoms with E-state index in [1.54, 1.807) is 31.4 Å². The Balaban J connectivity index is 1.41. The minimum atomic E-state index is -0.688. The fourth-order valence-corrected chi connectivity index (χ4v) is 5.40. The van der Waals surface area contributed by atoms with Gasteiger partial charge in [0.15, 0.2) is 0 Å². The van der Waals surface area contributed by atoms with E-state index >= 15 is 0 Å². The zero-order chi connectivity index (χ0) is 23.4. The Bertz CT molecular complexity index is 1070. The van der Waals surface area contributed by atoms with Crippen LogP contribution in [0.1, 0.15) is 11.1 Å². The number of carbonyl (C=O) groups is 3. The van der Waals surface area contributed by atoms with Gasteiger partial charge in [-0.1, -0.05) is 42.5 Å². The van der Waals surface area contributed by atoms with E-state index in [-0.39, 0.29) is 41.8 Å². The number of hydrogen-bond donors (Lipinski definition) is 1. The monoisotopic (exact) mass is 486 g/mol. The number of alkyl halides is 1. The number of carbonyl (C=O) groups excluding carboxylic acids is 3. The van der Waals surface area contributed by atoms with Crippen molar-refractivity contribution in [3.05, 3.63) is 77.0 Å². The van der Waals surface area contributed by atoms with E-state index in [4.69, 9.17) is 21.1 Å². The Morgan fingerprint density at radius 2 is 1.85 bits per heavy atom. The van der Waals surface area contributed by atoms with Crippen LogP contribution >= 0.6 is 23.4 Å². The van der Waals surface area contributed by atoms with Gasteiger partial charge in [0.1, 0.15) is 29.5 Å². The summed E-state index contributed by atoms with van der Waals surface area (Å²) in [6.45, 7) is 0.0545. The van der Waals surface area contributed by atoms with E-state index in [0.717, 1.165) is 11.1 Å². The molecule has 0 spiro atoms. The summed E-state index contributed by atoms with van der Waals surface area (Å²) in [4.78, 5) is 39.7. The Hall–Kier alpha value is -2.97. The number of amides is 2. The van der Waals surface area contributed by atoms with Gasteiger partial charge in [-0.15, -0.1) is 23.4 Å². The topological polar surface area (TPSA) is 84.9 Å². The summed E-state index contributed by atoms with van der Waals surface area (Å²) in [6.07, 6.45) is 0.182. The van der Waals surface area contributed by atoms with Crippen LogP contribution < -0.4 is 10.1 Å². The fourth-order valence-electron chi connectivity index (χ4n) is 3.72. The molecule has 2 aliphatic rings. The highest BCUT2D eigenvalue weighted by molar-refractivity contribution is 8.00. The molecule has 33 heavy (non-hydrogen) atoms. The van der Waals surface area contributed by atoms with Gasteiger partial charge in [-0.25, -0.2) is 4.79 Å². The quantitative estimate of drug-likeness (QED) is 0.351. The Labute approximate surface area is 201 Å². The summed E-state index contributed by atoms with van der Waals surface area (Å²) in [7, 11) is 1.58. The highest BCUT2D eigenvalue weighted by Crippen LogP contribution is 2.41. The van der Waals surface area contributed by atoms with Gasteiger partial charge in [-0.3, -0.25) is 14.5 Å². The van der Waals surface area contributed by atoms with E-state index in [2.05, 4.69) is 5.32 Å². The van der Waals surface area contributed by atoms with Crippen LogP contribution in [0.2, 0.25) is 0 Å². The predicted molar refractivity (Wildman–Crippen MR) is 126 cm³/mol. The van der Waals surface area contributed by atoms with Crippen molar-refractivity contribution < 1.29 is 23.9 Å². The van der Waals surface area contributed by atoms with Crippen LogP contribution in [0.5, 0.6) is 5.75 Å². The molecule has 9 heteroatoms. The van der Waals surface area contributed by atoms with Crippen molar-refractivity contribution in [2.24, 2.45) is 0 Å². The minimum absolute atomic E-state index is 0.0545. The number of rotatable bonds is 8. The minimum Gasteiger partial charge on any atom is -0.497 e. The van der Waals surface area contributed by atoms with Crippen molar-refractivity contribution >= 4 is 41.1 Å². The van der Waals surface area contributed by atoms with Crippen LogP contribution in [0.4, 0.5) is 0 Å². The summed E-state index contributed by atoms with van der Waals surface area (Å²) < 4.78 is 10.6. The number of nitrogens with one attached hydrogen (secondary N) is 1. The average Bonchev–Trinajstić information content (AvgIpc) is 2.85. The number of halogens is 1. The second-order valence-electron chi connectivity index (χ2n) is 7.63. The Morgan fingerprint density at radius 1 is 1.12 bits per heavy atom. The molecule has 2 atom stereocenters. The van der Waals surface area contributed by atoms with Crippen LogP contribution in [0, 0.1) is 0 Å². The normalized spacial score (nSPS) is 19.5. The molecule has 2 aromatic rings. The summed E-state index contributed by atoms with van der Waals surface area (Å²) in [5, 5.41) is 2.44. The molecule has 1 fully saturated rings. The summed E-state index contributed by atoms with van der Waals surface area (Å²) in [6, 6.07) is 15.8. The first kappa shape index (κ1) is 23.2. The van der Waals surface area contributed by atoms with Gasteiger partial charge >= 0.3 is 5.97 Å². The summed E-state index contributed by atoms with van der Waals surface area (Å²) in [5.41, 5.74) is 2.47. The van der Waals surface area contributed by atoms with E-state index in [0.29, 0.717) is 17.1 Å². The van der Waals surface area contributed by atoms with Crippen molar-refractivity contribution in [3.63, 3.8) is 0 Å². The second-order valence-corrected chi connectivity index (χ2v) is 9.00. The maximum absolute atomic E-state index is 12.9. The highest BCUT2D eigenvalue weighted by Gasteiger charge is 2.54. The van der Waals surface area contributed by atoms with Crippen molar-refractivity contribution in [1.29, 1.82) is 0 Å². The van der Waals surface area contributed by atoms with Gasteiger partial charge < -0.3 is 14.8 Å². The number of β-lactam (4-membered cyclic amide) rings is 1. The number of esters is 1. The van der Waals surface area contributed by atoms with Gasteiger partial charge in [0.25, 0.3) is 5.91 Å². The first-order chi connectivity index (χ1) is 16.0. The van der Waals surface area contributed by atoms with Crippen LogP contribution in [0.3, 0.4) is 0 Å². The highest BCUT2D eigenvalue weighted by atomic mass is 35.5. The zero-order valence-corrected chi connectivity index (χ0v) is 19.5. The van der Waals surface area contributed by atoms with Gasteiger partial charge in [0.05, 0.1) is 13.5 Å². The molecule has 0 bridgehead atoms. The molecular weight excluding hydrogens is 464 g/mol. The number of nitrogens with zero attached hydrogens (tertiary/aromatic N) is 1. The SMILES string of the molecule is COc1ccc(COC(=O)C2=C(CCl)CS[C@@H]3[C@@H](NC(=O)Cc4ccccc4)C(=O)N23)cc1. The number of benzene rings is 2. The first-order valence-electron chi connectivity index (χ1n) is 10.4. The number of fused-ring (bicyclic) bond motifs is 1. The van der Waals surface area contributed by atoms with Crippen molar-refractivity contribution in [2.45, 2.75) is 24.4 Å². The maximum Gasteiger partial charge on any atom is 0.355 e. The Kier molecular flexibility index (Phi) is 7.25. The molecule has 2 aromatic carbocycles. The molecule has 4 rings (SSSR count). The fraction of sp³-hybridized carbons (Fsp3) is 0.292. The van der Waals surface area contributed by atoms with E-state index in [1.165, 1.54) is 16.7 Å². The lowest BCUT2D eigenvalue weighted by Gasteiger charge is -2.49. The lowest BCUT2D eigenvalue weighted by Crippen LogP contribution is -2.70. The summed E-state index contributed by atoms with van der Waals surface area (Å²) in [5.74, 6) is 0.116. The third-order valence-electron chi connectivity index (χ3n) is 5.45. The first-order valence-corrected chi connectivity index (χ1v) is 12.0. The van der Waals surface area contributed by atoms with Gasteiger partial charge in [-0.05, 0) is 28.8 Å². The molecule has 2 amide bonds. The molecular formula is C24H23ClN2O5S. The van der Waals surface area contributed by atoms with E-state index in [9.17, 15) is 14.4 Å². The van der Waals surface area contributed by atoms with E-state index in [1.807, 2.05) is 30.3 Å². The van der Waals surface area contributed by atoms with Crippen molar-refractivity contribution in [1.82, 2.24) is 10.2 Å². The summed E-state index contributed by atoms with van der Waals surface area (Å²) >= 11 is 7.54. The number of ether oxygens (including phenoxy) is 2. The number of thioether (sulfide) groups is 1. The average molecular weight is 487 g/mol. The molecule has 0 aromatic heterocycles. The molecule has 1 saturated heterocycles. The van der Waals surface area contributed by atoms with Crippen LogP contribution in [0.25, 0.3) is 0 Å². The largest absolute Gasteiger partial charge is 0.497 e. The Morgan fingerprint density at radius 3 is 2.52 bits per heavy atom. The molecule has 0 radical (unpaired) electrons. The number of hydrogen-bond acceptors (Lipinski definition) is 6. The van der Waals surface area contributed by atoms with Gasteiger partial charge in [-0.2, -0.15) is 0 Å². The second kappa shape index (κ2) is 10.3. The molecule has 1 N–H and O–H groups in total. The van der Waals surface area contributed by atoms with Crippen LogP contribution in [0.15, 0.2) is 65.9 Å².